The minimum Gasteiger partial charge on any atom is -0.348 e. The van der Waals surface area contributed by atoms with Gasteiger partial charge in [0.05, 0.1) is 18.8 Å². The number of likely N-dealkylation sites (tertiary alicyclic amines) is 1. The number of nitrogens with zero attached hydrogens (tertiary/aromatic N) is 3. The minimum atomic E-state index is -0.680. The van der Waals surface area contributed by atoms with Gasteiger partial charge in [-0.25, -0.2) is 13.5 Å². The molecule has 6 nitrogen and oxygen atoms in total. The summed E-state index contributed by atoms with van der Waals surface area (Å²) >= 11 is 0. The molecule has 1 fully saturated rings. The highest BCUT2D eigenvalue weighted by atomic mass is 19.1. The van der Waals surface area contributed by atoms with Crippen molar-refractivity contribution in [3.63, 3.8) is 0 Å². The summed E-state index contributed by atoms with van der Waals surface area (Å²) in [6.07, 6.45) is 6.19. The summed E-state index contributed by atoms with van der Waals surface area (Å²) in [4.78, 5) is 26.0. The van der Waals surface area contributed by atoms with E-state index in [9.17, 15) is 18.4 Å². The van der Waals surface area contributed by atoms with Crippen molar-refractivity contribution in [1.29, 1.82) is 0 Å². The number of piperidine rings is 1. The molecule has 0 bridgehead atoms. The average molecular weight is 388 g/mol. The second-order valence-electron chi connectivity index (χ2n) is 7.34. The van der Waals surface area contributed by atoms with Crippen LogP contribution < -0.4 is 5.32 Å². The van der Waals surface area contributed by atoms with E-state index in [0.717, 1.165) is 43.0 Å². The fourth-order valence-corrected chi connectivity index (χ4v) is 4.01. The topological polar surface area (TPSA) is 67.2 Å². The lowest BCUT2D eigenvalue weighted by atomic mass is 9.93. The van der Waals surface area contributed by atoms with Crippen LogP contribution in [0.1, 0.15) is 49.4 Å². The second-order valence-corrected chi connectivity index (χ2v) is 7.34. The molecule has 0 spiro atoms. The summed E-state index contributed by atoms with van der Waals surface area (Å²) in [5, 5.41) is 7.27. The highest BCUT2D eigenvalue weighted by Gasteiger charge is 2.28. The number of carbonyl (C=O) groups is 2. The Labute approximate surface area is 161 Å². The molecule has 4 rings (SSSR count). The average Bonchev–Trinajstić information content (AvgIpc) is 3.09. The Kier molecular flexibility index (Phi) is 5.11. The number of fused-ring (bicyclic) bond motifs is 1. The van der Waals surface area contributed by atoms with Crippen molar-refractivity contribution in [2.75, 3.05) is 13.1 Å². The molecule has 1 N–H and O–H groups in total. The van der Waals surface area contributed by atoms with Crippen molar-refractivity contribution >= 4 is 11.8 Å². The van der Waals surface area contributed by atoms with Crippen LogP contribution in [-0.4, -0.2) is 39.6 Å². The molecular formula is C20H22F2N4O2. The third kappa shape index (κ3) is 3.63. The predicted octanol–water partition coefficient (Wildman–Crippen LogP) is 2.66. The Morgan fingerprint density at radius 1 is 1.21 bits per heavy atom. The van der Waals surface area contributed by atoms with Gasteiger partial charge in [0.15, 0.2) is 5.82 Å². The molecule has 28 heavy (non-hydrogen) atoms. The Morgan fingerprint density at radius 2 is 2.07 bits per heavy atom. The number of hydrogen-bond donors (Lipinski definition) is 1. The van der Waals surface area contributed by atoms with Crippen molar-refractivity contribution in [2.45, 2.75) is 44.6 Å². The third-order valence-electron chi connectivity index (χ3n) is 5.41. The van der Waals surface area contributed by atoms with E-state index < -0.39 is 11.6 Å². The summed E-state index contributed by atoms with van der Waals surface area (Å²) in [6, 6.07) is 3.17. The van der Waals surface area contributed by atoms with E-state index in [0.29, 0.717) is 19.4 Å². The highest BCUT2D eigenvalue weighted by molar-refractivity contribution is 5.85. The normalized spacial score (nSPS) is 19.4. The maximum atomic E-state index is 14.2. The van der Waals surface area contributed by atoms with E-state index in [1.807, 2.05) is 0 Å². The van der Waals surface area contributed by atoms with Gasteiger partial charge in [0.2, 0.25) is 11.8 Å². The van der Waals surface area contributed by atoms with Crippen LogP contribution in [0, 0.1) is 11.6 Å². The molecule has 1 saturated heterocycles. The van der Waals surface area contributed by atoms with E-state index in [4.69, 9.17) is 0 Å². The van der Waals surface area contributed by atoms with Gasteiger partial charge in [-0.2, -0.15) is 5.10 Å². The summed E-state index contributed by atoms with van der Waals surface area (Å²) in [5.41, 5.74) is 1.85. The molecule has 8 heteroatoms. The van der Waals surface area contributed by atoms with Gasteiger partial charge in [-0.1, -0.05) is 0 Å². The molecule has 2 aromatic rings. The Balaban J connectivity index is 1.51. The van der Waals surface area contributed by atoms with Crippen molar-refractivity contribution in [2.24, 2.45) is 0 Å². The Morgan fingerprint density at radius 3 is 2.86 bits per heavy atom. The van der Waals surface area contributed by atoms with Gasteiger partial charge in [0.1, 0.15) is 11.5 Å². The predicted molar refractivity (Wildman–Crippen MR) is 97.7 cm³/mol. The van der Waals surface area contributed by atoms with Gasteiger partial charge in [-0.15, -0.1) is 0 Å². The van der Waals surface area contributed by atoms with E-state index in [1.54, 1.807) is 11.1 Å². The van der Waals surface area contributed by atoms with Gasteiger partial charge >= 0.3 is 0 Å². The summed E-state index contributed by atoms with van der Waals surface area (Å²) in [6.45, 7) is 0.676. The van der Waals surface area contributed by atoms with Crippen molar-refractivity contribution < 1.29 is 18.4 Å². The number of hydrogen-bond acceptors (Lipinski definition) is 3. The van der Waals surface area contributed by atoms with Crippen LogP contribution in [0.4, 0.5) is 8.78 Å². The molecule has 1 aromatic heterocycles. The van der Waals surface area contributed by atoms with E-state index >= 15 is 0 Å². The molecule has 1 aromatic carbocycles. The molecule has 0 unspecified atom stereocenters. The van der Waals surface area contributed by atoms with E-state index in [-0.39, 0.29) is 30.1 Å². The third-order valence-corrected chi connectivity index (χ3v) is 5.41. The molecule has 148 valence electrons. The first-order chi connectivity index (χ1) is 13.5. The maximum Gasteiger partial charge on any atom is 0.240 e. The fraction of sp³-hybridized carbons (Fsp3) is 0.450. The van der Waals surface area contributed by atoms with Crippen molar-refractivity contribution in [1.82, 2.24) is 20.0 Å². The van der Waals surface area contributed by atoms with Crippen molar-refractivity contribution in [3.8, 4) is 5.69 Å². The summed E-state index contributed by atoms with van der Waals surface area (Å²) in [5.74, 6) is -1.50. The van der Waals surface area contributed by atoms with Crippen LogP contribution in [0.2, 0.25) is 0 Å². The molecule has 0 saturated carbocycles. The number of nitrogens with one attached hydrogen (secondary N) is 1. The van der Waals surface area contributed by atoms with Crippen LogP contribution in [0.5, 0.6) is 0 Å². The van der Waals surface area contributed by atoms with Gasteiger partial charge in [0, 0.05) is 30.3 Å². The molecule has 1 atom stereocenters. The second kappa shape index (κ2) is 7.69. The molecule has 1 aliphatic carbocycles. The van der Waals surface area contributed by atoms with Gasteiger partial charge in [0.25, 0.3) is 0 Å². The first-order valence-corrected chi connectivity index (χ1v) is 9.62. The standard InChI is InChI=1S/C20H22F2N4O2/c21-13-7-8-18(15(22)10-13)26-17-5-3-4-16(14(17)11-23-26)24-19(27)12-25-9-2-1-6-20(25)28/h7-8,10-11,16H,1-6,9,12H2,(H,24,27)/t16-/m0/s1. The zero-order chi connectivity index (χ0) is 19.7. The maximum absolute atomic E-state index is 14.2. The lowest BCUT2D eigenvalue weighted by Gasteiger charge is -2.28. The number of halogens is 2. The first-order valence-electron chi connectivity index (χ1n) is 9.62. The van der Waals surface area contributed by atoms with Crippen LogP contribution in [0.25, 0.3) is 5.69 Å². The summed E-state index contributed by atoms with van der Waals surface area (Å²) in [7, 11) is 0. The van der Waals surface area contributed by atoms with E-state index in [2.05, 4.69) is 10.4 Å². The number of amides is 2. The quantitative estimate of drug-likeness (QED) is 0.876. The number of benzene rings is 1. The summed E-state index contributed by atoms with van der Waals surface area (Å²) < 4.78 is 28.9. The number of carbonyl (C=O) groups excluding carboxylic acids is 2. The van der Waals surface area contributed by atoms with Crippen LogP contribution in [0.15, 0.2) is 24.4 Å². The van der Waals surface area contributed by atoms with Crippen molar-refractivity contribution in [3.05, 3.63) is 47.3 Å². The van der Waals surface area contributed by atoms with Gasteiger partial charge < -0.3 is 10.2 Å². The van der Waals surface area contributed by atoms with Gasteiger partial charge in [-0.05, 0) is 44.2 Å². The van der Waals surface area contributed by atoms with Crippen LogP contribution in [-0.2, 0) is 16.0 Å². The van der Waals surface area contributed by atoms with Crippen LogP contribution >= 0.6 is 0 Å². The fourth-order valence-electron chi connectivity index (χ4n) is 4.01. The number of aromatic nitrogens is 2. The molecule has 1 aliphatic heterocycles. The first kappa shape index (κ1) is 18.6. The zero-order valence-electron chi connectivity index (χ0n) is 15.5. The lowest BCUT2D eigenvalue weighted by Crippen LogP contribution is -2.44. The minimum absolute atomic E-state index is 0.0188. The SMILES string of the molecule is O=C(CN1CCCCC1=O)N[C@H]1CCCc2c1cnn2-c1ccc(F)cc1F. The molecule has 2 amide bonds. The number of rotatable bonds is 4. The molecule has 2 heterocycles. The lowest BCUT2D eigenvalue weighted by molar-refractivity contribution is -0.138. The molecular weight excluding hydrogens is 366 g/mol. The Bertz CT molecular complexity index is 912. The molecule has 2 aliphatic rings. The largest absolute Gasteiger partial charge is 0.348 e. The zero-order valence-corrected chi connectivity index (χ0v) is 15.5. The molecule has 0 radical (unpaired) electrons. The Hall–Kier alpha value is -2.77. The highest BCUT2D eigenvalue weighted by Crippen LogP contribution is 2.31. The van der Waals surface area contributed by atoms with Crippen LogP contribution in [0.3, 0.4) is 0 Å². The smallest absolute Gasteiger partial charge is 0.240 e. The van der Waals surface area contributed by atoms with Gasteiger partial charge in [-0.3, -0.25) is 9.59 Å². The monoisotopic (exact) mass is 388 g/mol. The van der Waals surface area contributed by atoms with E-state index in [1.165, 1.54) is 16.8 Å².